The van der Waals surface area contributed by atoms with Crippen LogP contribution >= 0.6 is 11.6 Å². The van der Waals surface area contributed by atoms with E-state index in [1.165, 1.54) is 0 Å². The van der Waals surface area contributed by atoms with Gasteiger partial charge in [-0.15, -0.1) is 5.10 Å². The average Bonchev–Trinajstić information content (AvgIpc) is 2.50. The minimum atomic E-state index is 0.473. The van der Waals surface area contributed by atoms with E-state index in [2.05, 4.69) is 32.3 Å². The van der Waals surface area contributed by atoms with Crippen LogP contribution < -0.4 is 10.2 Å². The summed E-state index contributed by atoms with van der Waals surface area (Å²) < 4.78 is 0. The molecule has 0 fully saturated rings. The van der Waals surface area contributed by atoms with Gasteiger partial charge >= 0.3 is 0 Å². The molecule has 1 heterocycles. The molecule has 1 aromatic carbocycles. The number of nitrogens with one attached hydrogen (secondary N) is 1. The molecule has 1 aromatic heterocycles. The molecule has 0 bridgehead atoms. The first-order valence-corrected chi connectivity index (χ1v) is 7.42. The van der Waals surface area contributed by atoms with E-state index in [0.29, 0.717) is 11.0 Å². The second-order valence-electron chi connectivity index (χ2n) is 4.95. The van der Waals surface area contributed by atoms with Crippen LogP contribution in [-0.4, -0.2) is 28.8 Å². The van der Waals surface area contributed by atoms with Crippen molar-refractivity contribution in [2.24, 2.45) is 0 Å². The first kappa shape index (κ1) is 15.5. The second kappa shape index (κ2) is 7.22. The number of rotatable bonds is 6. The molecule has 0 radical (unpaired) electrons. The van der Waals surface area contributed by atoms with E-state index >= 15 is 0 Å². The Morgan fingerprint density at radius 1 is 1.33 bits per heavy atom. The molecular weight excluding hydrogens is 286 g/mol. The molecule has 0 saturated carbocycles. The van der Waals surface area contributed by atoms with E-state index in [1.807, 2.05) is 32.2 Å². The Kier molecular flexibility index (Phi) is 5.33. The molecular formula is C15H20ClN5. The smallest absolute Gasteiger partial charge is 0.249 e. The van der Waals surface area contributed by atoms with Crippen molar-refractivity contribution in [3.8, 4) is 0 Å². The summed E-state index contributed by atoms with van der Waals surface area (Å²) in [5.74, 6) is 1.28. The van der Waals surface area contributed by atoms with Gasteiger partial charge in [0.15, 0.2) is 5.82 Å². The van der Waals surface area contributed by atoms with Gasteiger partial charge in [-0.3, -0.25) is 0 Å². The molecule has 2 rings (SSSR count). The molecule has 0 aliphatic carbocycles. The van der Waals surface area contributed by atoms with Gasteiger partial charge in [0.05, 0.1) is 6.20 Å². The van der Waals surface area contributed by atoms with E-state index in [-0.39, 0.29) is 0 Å². The minimum absolute atomic E-state index is 0.473. The van der Waals surface area contributed by atoms with Crippen molar-refractivity contribution >= 4 is 29.1 Å². The van der Waals surface area contributed by atoms with Gasteiger partial charge < -0.3 is 10.2 Å². The summed E-state index contributed by atoms with van der Waals surface area (Å²) in [6.07, 6.45) is 3.94. The third-order valence-corrected chi connectivity index (χ3v) is 3.71. The van der Waals surface area contributed by atoms with Crippen molar-refractivity contribution in [1.82, 2.24) is 15.2 Å². The van der Waals surface area contributed by atoms with E-state index < -0.39 is 0 Å². The largest absolute Gasteiger partial charge is 0.358 e. The Hall–Kier alpha value is -1.88. The van der Waals surface area contributed by atoms with E-state index in [9.17, 15) is 0 Å². The quantitative estimate of drug-likeness (QED) is 0.879. The van der Waals surface area contributed by atoms with Crippen molar-refractivity contribution in [3.05, 3.63) is 35.0 Å². The molecule has 5 nitrogen and oxygen atoms in total. The van der Waals surface area contributed by atoms with Crippen LogP contribution in [0, 0.1) is 6.92 Å². The van der Waals surface area contributed by atoms with Gasteiger partial charge in [0.2, 0.25) is 5.95 Å². The van der Waals surface area contributed by atoms with Gasteiger partial charge in [0.1, 0.15) is 0 Å². The first-order chi connectivity index (χ1) is 10.1. The predicted octanol–water partition coefficient (Wildman–Crippen LogP) is 3.81. The summed E-state index contributed by atoms with van der Waals surface area (Å²) in [5.41, 5.74) is 1.85. The average molecular weight is 306 g/mol. The highest BCUT2D eigenvalue weighted by Gasteiger charge is 2.07. The number of unbranched alkanes of at least 4 members (excludes halogenated alkanes) is 1. The Balaban J connectivity index is 2.16. The number of aromatic nitrogens is 3. The number of halogens is 1. The van der Waals surface area contributed by atoms with Crippen LogP contribution in [0.3, 0.4) is 0 Å². The SMILES string of the molecule is CCCCN(C)c1cnnc(Nc2cccc(Cl)c2C)n1. The zero-order valence-electron chi connectivity index (χ0n) is 12.6. The van der Waals surface area contributed by atoms with Crippen molar-refractivity contribution < 1.29 is 0 Å². The maximum atomic E-state index is 6.11. The molecule has 0 aliphatic rings. The van der Waals surface area contributed by atoms with Crippen LogP contribution in [0.15, 0.2) is 24.4 Å². The highest BCUT2D eigenvalue weighted by molar-refractivity contribution is 6.31. The van der Waals surface area contributed by atoms with Crippen molar-refractivity contribution in [2.75, 3.05) is 23.8 Å². The fraction of sp³-hybridized carbons (Fsp3) is 0.400. The second-order valence-corrected chi connectivity index (χ2v) is 5.36. The molecule has 0 aliphatic heterocycles. The predicted molar refractivity (Wildman–Crippen MR) is 87.5 cm³/mol. The first-order valence-electron chi connectivity index (χ1n) is 7.04. The van der Waals surface area contributed by atoms with Crippen molar-refractivity contribution in [2.45, 2.75) is 26.7 Å². The Labute approximate surface area is 130 Å². The normalized spacial score (nSPS) is 10.5. The minimum Gasteiger partial charge on any atom is -0.358 e. The number of hydrogen-bond acceptors (Lipinski definition) is 5. The van der Waals surface area contributed by atoms with Gasteiger partial charge in [-0.25, -0.2) is 0 Å². The molecule has 1 N–H and O–H groups in total. The van der Waals surface area contributed by atoms with Gasteiger partial charge in [-0.1, -0.05) is 31.0 Å². The maximum Gasteiger partial charge on any atom is 0.249 e. The lowest BCUT2D eigenvalue weighted by Crippen LogP contribution is -2.20. The Bertz CT molecular complexity index is 602. The van der Waals surface area contributed by atoms with Gasteiger partial charge in [-0.05, 0) is 31.0 Å². The molecule has 112 valence electrons. The fourth-order valence-electron chi connectivity index (χ4n) is 1.90. The lowest BCUT2D eigenvalue weighted by Gasteiger charge is -2.17. The summed E-state index contributed by atoms with van der Waals surface area (Å²) in [6, 6.07) is 5.69. The monoisotopic (exact) mass is 305 g/mol. The highest BCUT2D eigenvalue weighted by Crippen LogP contribution is 2.25. The molecule has 0 atom stereocenters. The van der Waals surface area contributed by atoms with Crippen LogP contribution in [-0.2, 0) is 0 Å². The summed E-state index contributed by atoms with van der Waals surface area (Å²) in [7, 11) is 2.01. The van der Waals surface area contributed by atoms with E-state index in [0.717, 1.165) is 36.5 Å². The van der Waals surface area contributed by atoms with Crippen LogP contribution in [0.25, 0.3) is 0 Å². The zero-order valence-corrected chi connectivity index (χ0v) is 13.4. The fourth-order valence-corrected chi connectivity index (χ4v) is 2.08. The highest BCUT2D eigenvalue weighted by atomic mass is 35.5. The Morgan fingerprint density at radius 3 is 2.90 bits per heavy atom. The summed E-state index contributed by atoms with van der Waals surface area (Å²) in [5, 5.41) is 11.9. The third-order valence-electron chi connectivity index (χ3n) is 3.30. The molecule has 0 spiro atoms. The molecule has 2 aromatic rings. The van der Waals surface area contributed by atoms with Gasteiger partial charge in [0, 0.05) is 24.3 Å². The third kappa shape index (κ3) is 4.04. The van der Waals surface area contributed by atoms with Crippen LogP contribution in [0.5, 0.6) is 0 Å². The van der Waals surface area contributed by atoms with E-state index in [1.54, 1.807) is 6.20 Å². The molecule has 0 saturated heterocycles. The standard InChI is InChI=1S/C15H20ClN5/c1-4-5-9-21(3)14-10-17-20-15(19-14)18-13-8-6-7-12(16)11(13)2/h6-8,10H,4-5,9H2,1-3H3,(H,18,19,20). The van der Waals surface area contributed by atoms with Crippen LogP contribution in [0.2, 0.25) is 5.02 Å². The molecule has 6 heteroatoms. The number of nitrogens with zero attached hydrogens (tertiary/aromatic N) is 4. The van der Waals surface area contributed by atoms with E-state index in [4.69, 9.17) is 11.6 Å². The summed E-state index contributed by atoms with van der Waals surface area (Å²) in [4.78, 5) is 6.57. The van der Waals surface area contributed by atoms with Gasteiger partial charge in [-0.2, -0.15) is 10.1 Å². The topological polar surface area (TPSA) is 53.9 Å². The lowest BCUT2D eigenvalue weighted by molar-refractivity contribution is 0.754. The van der Waals surface area contributed by atoms with Crippen molar-refractivity contribution in [1.29, 1.82) is 0 Å². The lowest BCUT2D eigenvalue weighted by atomic mass is 10.2. The number of hydrogen-bond donors (Lipinski definition) is 1. The molecule has 0 unspecified atom stereocenters. The van der Waals surface area contributed by atoms with Gasteiger partial charge in [0.25, 0.3) is 0 Å². The van der Waals surface area contributed by atoms with Crippen LogP contribution in [0.4, 0.5) is 17.5 Å². The summed E-state index contributed by atoms with van der Waals surface area (Å²) in [6.45, 7) is 5.07. The summed E-state index contributed by atoms with van der Waals surface area (Å²) >= 11 is 6.11. The zero-order chi connectivity index (χ0) is 15.2. The Morgan fingerprint density at radius 2 is 2.14 bits per heavy atom. The maximum absolute atomic E-state index is 6.11. The van der Waals surface area contributed by atoms with Crippen molar-refractivity contribution in [3.63, 3.8) is 0 Å². The molecule has 21 heavy (non-hydrogen) atoms. The number of benzene rings is 1. The number of anilines is 3. The van der Waals surface area contributed by atoms with Crippen LogP contribution in [0.1, 0.15) is 25.3 Å². The molecule has 0 amide bonds.